The highest BCUT2D eigenvalue weighted by molar-refractivity contribution is 5.95. The van der Waals surface area contributed by atoms with Gasteiger partial charge in [0.15, 0.2) is 0 Å². The summed E-state index contributed by atoms with van der Waals surface area (Å²) in [6, 6.07) is 29.3. The van der Waals surface area contributed by atoms with E-state index in [0.29, 0.717) is 5.69 Å². The lowest BCUT2D eigenvalue weighted by atomic mass is 10.1. The van der Waals surface area contributed by atoms with Crippen molar-refractivity contribution >= 4 is 45.2 Å². The highest BCUT2D eigenvalue weighted by atomic mass is 16.3. The van der Waals surface area contributed by atoms with Gasteiger partial charge in [0.05, 0.1) is 11.2 Å². The molecule has 0 amide bonds. The molecule has 0 unspecified atom stereocenters. The number of aromatic hydroxyl groups is 1. The Balaban J connectivity index is 1.38. The third kappa shape index (κ3) is 3.91. The van der Waals surface area contributed by atoms with Gasteiger partial charge in [0.1, 0.15) is 11.4 Å². The number of aromatic nitrogens is 1. The lowest BCUT2D eigenvalue weighted by Gasteiger charge is -2.03. The molecule has 4 nitrogen and oxygen atoms in total. The molecule has 1 heterocycles. The molecule has 0 aliphatic carbocycles. The molecule has 0 saturated heterocycles. The molecule has 4 aromatic carbocycles. The van der Waals surface area contributed by atoms with Gasteiger partial charge in [0.25, 0.3) is 0 Å². The van der Waals surface area contributed by atoms with Crippen LogP contribution in [0.4, 0.5) is 11.4 Å². The minimum absolute atomic E-state index is 0.117. The number of nitrogens with zero attached hydrogens (tertiary/aromatic N) is 3. The van der Waals surface area contributed by atoms with Gasteiger partial charge in [0, 0.05) is 17.0 Å². The van der Waals surface area contributed by atoms with E-state index >= 15 is 0 Å². The van der Waals surface area contributed by atoms with E-state index in [1.54, 1.807) is 6.07 Å². The van der Waals surface area contributed by atoms with Crippen LogP contribution in [0.25, 0.3) is 33.8 Å². The van der Waals surface area contributed by atoms with Crippen molar-refractivity contribution in [2.75, 3.05) is 0 Å². The number of benzene rings is 4. The minimum Gasteiger partial charge on any atom is -0.506 e. The fourth-order valence-corrected chi connectivity index (χ4v) is 3.56. The Bertz CT molecular complexity index is 1430. The van der Waals surface area contributed by atoms with Gasteiger partial charge in [-0.05, 0) is 46.8 Å². The second-order valence-electron chi connectivity index (χ2n) is 7.20. The van der Waals surface area contributed by atoms with Gasteiger partial charge in [0.2, 0.25) is 0 Å². The summed E-state index contributed by atoms with van der Waals surface area (Å²) in [5, 5.41) is 21.9. The quantitative estimate of drug-likeness (QED) is 0.314. The number of rotatable bonds is 4. The third-order valence-electron chi connectivity index (χ3n) is 5.18. The van der Waals surface area contributed by atoms with Crippen LogP contribution in [0.3, 0.4) is 0 Å². The normalized spacial score (nSPS) is 11.7. The number of hydrogen-bond acceptors (Lipinski definition) is 4. The molecule has 0 aliphatic rings. The highest BCUT2D eigenvalue weighted by Crippen LogP contribution is 2.36. The Morgan fingerprint density at radius 3 is 2.32 bits per heavy atom. The highest BCUT2D eigenvalue weighted by Gasteiger charge is 2.05. The molecular weight excluding hydrogens is 382 g/mol. The summed E-state index contributed by atoms with van der Waals surface area (Å²) in [5.41, 5.74) is 4.37. The van der Waals surface area contributed by atoms with Crippen molar-refractivity contribution in [1.82, 2.24) is 4.98 Å². The lowest BCUT2D eigenvalue weighted by molar-refractivity contribution is 0.477. The number of pyridine rings is 1. The van der Waals surface area contributed by atoms with E-state index in [-0.39, 0.29) is 5.75 Å². The summed E-state index contributed by atoms with van der Waals surface area (Å²) < 4.78 is 0. The molecule has 0 atom stereocenters. The van der Waals surface area contributed by atoms with E-state index in [1.165, 1.54) is 0 Å². The van der Waals surface area contributed by atoms with Crippen LogP contribution in [0.15, 0.2) is 107 Å². The summed E-state index contributed by atoms with van der Waals surface area (Å²) in [5.74, 6) is 0.117. The summed E-state index contributed by atoms with van der Waals surface area (Å²) in [7, 11) is 0. The van der Waals surface area contributed by atoms with Crippen molar-refractivity contribution in [1.29, 1.82) is 0 Å². The van der Waals surface area contributed by atoms with Crippen molar-refractivity contribution in [3.63, 3.8) is 0 Å². The number of azo groups is 1. The first-order chi connectivity index (χ1) is 15.3. The van der Waals surface area contributed by atoms with E-state index in [1.807, 2.05) is 85.1 Å². The number of phenolic OH excluding ortho intramolecular Hbond substituents is 1. The van der Waals surface area contributed by atoms with Crippen molar-refractivity contribution in [2.24, 2.45) is 10.2 Å². The maximum Gasteiger partial charge on any atom is 0.143 e. The van der Waals surface area contributed by atoms with Gasteiger partial charge < -0.3 is 5.11 Å². The van der Waals surface area contributed by atoms with Crippen LogP contribution in [-0.4, -0.2) is 10.1 Å². The molecule has 0 radical (unpaired) electrons. The van der Waals surface area contributed by atoms with E-state index in [9.17, 15) is 5.11 Å². The molecule has 5 rings (SSSR count). The van der Waals surface area contributed by atoms with E-state index < -0.39 is 0 Å². The predicted molar refractivity (Wildman–Crippen MR) is 127 cm³/mol. The van der Waals surface area contributed by atoms with Crippen LogP contribution < -0.4 is 0 Å². The first-order valence-electron chi connectivity index (χ1n) is 10.0. The monoisotopic (exact) mass is 401 g/mol. The van der Waals surface area contributed by atoms with Crippen molar-refractivity contribution in [3.05, 3.63) is 108 Å². The average Bonchev–Trinajstić information content (AvgIpc) is 2.83. The van der Waals surface area contributed by atoms with Gasteiger partial charge in [-0.2, -0.15) is 5.11 Å². The molecule has 0 fully saturated rings. The Kier molecular flexibility index (Phi) is 4.95. The Morgan fingerprint density at radius 2 is 1.45 bits per heavy atom. The first kappa shape index (κ1) is 18.7. The molecule has 1 aromatic heterocycles. The molecule has 0 saturated carbocycles. The zero-order chi connectivity index (χ0) is 21.0. The lowest BCUT2D eigenvalue weighted by Crippen LogP contribution is -1.81. The van der Waals surface area contributed by atoms with Crippen LogP contribution >= 0.6 is 0 Å². The molecule has 0 aliphatic heterocycles. The zero-order valence-corrected chi connectivity index (χ0v) is 16.7. The van der Waals surface area contributed by atoms with Crippen LogP contribution in [0.1, 0.15) is 11.1 Å². The van der Waals surface area contributed by atoms with Crippen molar-refractivity contribution in [2.45, 2.75) is 0 Å². The zero-order valence-electron chi connectivity index (χ0n) is 16.7. The van der Waals surface area contributed by atoms with Gasteiger partial charge in [-0.3, -0.25) is 4.98 Å². The van der Waals surface area contributed by atoms with E-state index in [2.05, 4.69) is 33.4 Å². The van der Waals surface area contributed by atoms with Crippen LogP contribution in [0.2, 0.25) is 0 Å². The standard InChI is InChI=1S/C27H19N3O/c31-26-16-13-20-5-1-2-7-24(20)27(26)30-29-22-14-10-19(11-15-22)9-12-21-17-18-28-25-8-4-3-6-23(21)25/h1-18,31H. The molecule has 4 heteroatoms. The average molecular weight is 401 g/mol. The summed E-state index contributed by atoms with van der Waals surface area (Å²) >= 11 is 0. The molecule has 148 valence electrons. The van der Waals surface area contributed by atoms with E-state index in [0.717, 1.165) is 38.5 Å². The van der Waals surface area contributed by atoms with Gasteiger partial charge >= 0.3 is 0 Å². The van der Waals surface area contributed by atoms with E-state index in [4.69, 9.17) is 0 Å². The second-order valence-corrected chi connectivity index (χ2v) is 7.20. The number of fused-ring (bicyclic) bond motifs is 2. The maximum absolute atomic E-state index is 10.2. The van der Waals surface area contributed by atoms with Crippen LogP contribution in [0.5, 0.6) is 5.75 Å². The maximum atomic E-state index is 10.2. The summed E-state index contributed by atoms with van der Waals surface area (Å²) in [6.45, 7) is 0. The largest absolute Gasteiger partial charge is 0.506 e. The number of hydrogen-bond donors (Lipinski definition) is 1. The Labute approximate surface area is 179 Å². The molecule has 1 N–H and O–H groups in total. The Morgan fingerprint density at radius 1 is 0.677 bits per heavy atom. The number of para-hydroxylation sites is 1. The summed E-state index contributed by atoms with van der Waals surface area (Å²) in [4.78, 5) is 4.40. The second kappa shape index (κ2) is 8.20. The summed E-state index contributed by atoms with van der Waals surface area (Å²) in [6.07, 6.45) is 5.99. The smallest absolute Gasteiger partial charge is 0.143 e. The molecule has 31 heavy (non-hydrogen) atoms. The van der Waals surface area contributed by atoms with Gasteiger partial charge in [-0.25, -0.2) is 0 Å². The fourth-order valence-electron chi connectivity index (χ4n) is 3.56. The fraction of sp³-hybridized carbons (Fsp3) is 0. The Hall–Kier alpha value is -4.31. The van der Waals surface area contributed by atoms with Crippen molar-refractivity contribution < 1.29 is 5.11 Å². The molecule has 0 bridgehead atoms. The molecular formula is C27H19N3O. The minimum atomic E-state index is 0.117. The topological polar surface area (TPSA) is 57.8 Å². The first-order valence-corrected chi connectivity index (χ1v) is 10.0. The SMILES string of the molecule is Oc1ccc2ccccc2c1N=Nc1ccc(C=Cc2ccnc3ccccc23)cc1. The molecule has 0 spiro atoms. The van der Waals surface area contributed by atoms with Crippen LogP contribution in [-0.2, 0) is 0 Å². The molecule has 5 aromatic rings. The predicted octanol–water partition coefficient (Wildman–Crippen LogP) is 7.68. The van der Waals surface area contributed by atoms with Gasteiger partial charge in [-0.15, -0.1) is 5.11 Å². The van der Waals surface area contributed by atoms with Crippen LogP contribution in [0, 0.1) is 0 Å². The number of phenols is 1. The van der Waals surface area contributed by atoms with Gasteiger partial charge in [-0.1, -0.05) is 72.8 Å². The third-order valence-corrected chi connectivity index (χ3v) is 5.18. The van der Waals surface area contributed by atoms with Crippen molar-refractivity contribution in [3.8, 4) is 5.75 Å².